The maximum atomic E-state index is 12.5. The van der Waals surface area contributed by atoms with Crippen LogP contribution >= 0.6 is 0 Å². The molecule has 1 heterocycles. The number of nitrogens with one attached hydrogen (secondary N) is 1. The van der Waals surface area contributed by atoms with Crippen molar-refractivity contribution < 1.29 is 13.2 Å². The molecule has 1 fully saturated rings. The Bertz CT molecular complexity index is 737. The number of benzene rings is 1. The molecule has 1 saturated heterocycles. The van der Waals surface area contributed by atoms with Crippen LogP contribution in [-0.4, -0.2) is 49.9 Å². The molecule has 0 spiro atoms. The number of rotatable bonds is 5. The number of hydrogen-bond donors (Lipinski definition) is 1. The van der Waals surface area contributed by atoms with Crippen LogP contribution in [0, 0.1) is 11.3 Å². The highest BCUT2D eigenvalue weighted by atomic mass is 32.2. The summed E-state index contributed by atoms with van der Waals surface area (Å²) in [5.41, 5.74) is 1.58. The van der Waals surface area contributed by atoms with Crippen LogP contribution in [0.3, 0.4) is 0 Å². The van der Waals surface area contributed by atoms with E-state index in [2.05, 4.69) is 11.4 Å². The molecule has 1 N–H and O–H groups in total. The van der Waals surface area contributed by atoms with E-state index < -0.39 is 15.9 Å². The molecule has 1 aliphatic rings. The molecule has 0 saturated carbocycles. The van der Waals surface area contributed by atoms with E-state index in [4.69, 9.17) is 5.26 Å². The van der Waals surface area contributed by atoms with Crippen molar-refractivity contribution in [3.63, 3.8) is 0 Å². The van der Waals surface area contributed by atoms with Crippen molar-refractivity contribution in [1.82, 2.24) is 10.2 Å². The van der Waals surface area contributed by atoms with Gasteiger partial charge in [-0.25, -0.2) is 8.42 Å². The predicted molar refractivity (Wildman–Crippen MR) is 92.0 cm³/mol. The second-order valence-corrected chi connectivity index (χ2v) is 8.58. The van der Waals surface area contributed by atoms with Gasteiger partial charge in [0, 0.05) is 19.1 Å². The van der Waals surface area contributed by atoms with Crippen LogP contribution < -0.4 is 5.32 Å². The zero-order chi connectivity index (χ0) is 17.9. The first-order valence-corrected chi connectivity index (χ1v) is 9.79. The highest BCUT2D eigenvalue weighted by Crippen LogP contribution is 2.18. The van der Waals surface area contributed by atoms with Crippen LogP contribution in [0.15, 0.2) is 24.3 Å². The van der Waals surface area contributed by atoms with Crippen molar-refractivity contribution in [2.24, 2.45) is 0 Å². The molecular formula is C17H23N3O3S. The fraction of sp³-hybridized carbons (Fsp3) is 0.529. The van der Waals surface area contributed by atoms with Gasteiger partial charge in [-0.05, 0) is 38.0 Å². The number of likely N-dealkylation sites (N-methyl/N-ethyl adjacent to an activating group) is 1. The van der Waals surface area contributed by atoms with E-state index in [0.29, 0.717) is 12.0 Å². The van der Waals surface area contributed by atoms with Gasteiger partial charge in [-0.2, -0.15) is 5.26 Å². The highest BCUT2D eigenvalue weighted by molar-refractivity contribution is 7.91. The largest absolute Gasteiger partial charge is 0.340 e. The van der Waals surface area contributed by atoms with Gasteiger partial charge < -0.3 is 4.90 Å². The van der Waals surface area contributed by atoms with Crippen LogP contribution in [-0.2, 0) is 14.6 Å². The minimum Gasteiger partial charge on any atom is -0.340 e. The topological polar surface area (TPSA) is 90.3 Å². The number of sulfone groups is 1. The van der Waals surface area contributed by atoms with Crippen LogP contribution in [0.5, 0.6) is 0 Å². The van der Waals surface area contributed by atoms with E-state index in [-0.39, 0.29) is 29.5 Å². The summed E-state index contributed by atoms with van der Waals surface area (Å²) in [7, 11) is -1.35. The van der Waals surface area contributed by atoms with Gasteiger partial charge in [0.2, 0.25) is 5.91 Å². The van der Waals surface area contributed by atoms with Gasteiger partial charge in [0.25, 0.3) is 0 Å². The molecular weight excluding hydrogens is 326 g/mol. The summed E-state index contributed by atoms with van der Waals surface area (Å²) in [6.07, 6.45) is 0.502. The molecule has 0 bridgehead atoms. The Morgan fingerprint density at radius 3 is 2.46 bits per heavy atom. The third-order valence-corrected chi connectivity index (χ3v) is 6.26. The van der Waals surface area contributed by atoms with E-state index in [0.717, 1.165) is 5.56 Å². The Labute approximate surface area is 143 Å². The van der Waals surface area contributed by atoms with Gasteiger partial charge >= 0.3 is 0 Å². The summed E-state index contributed by atoms with van der Waals surface area (Å²) >= 11 is 0. The maximum Gasteiger partial charge on any atom is 0.239 e. The quantitative estimate of drug-likeness (QED) is 0.864. The first-order chi connectivity index (χ1) is 11.2. The average molecular weight is 349 g/mol. The Kier molecular flexibility index (Phi) is 5.62. The lowest BCUT2D eigenvalue weighted by Crippen LogP contribution is -2.48. The lowest BCUT2D eigenvalue weighted by atomic mass is 10.1. The molecule has 130 valence electrons. The summed E-state index contributed by atoms with van der Waals surface area (Å²) < 4.78 is 23.2. The molecule has 3 atom stereocenters. The third kappa shape index (κ3) is 4.34. The van der Waals surface area contributed by atoms with Gasteiger partial charge in [0.1, 0.15) is 0 Å². The average Bonchev–Trinajstić information content (AvgIpc) is 2.93. The van der Waals surface area contributed by atoms with Crippen molar-refractivity contribution in [2.75, 3.05) is 18.6 Å². The first-order valence-electron chi connectivity index (χ1n) is 7.96. The Morgan fingerprint density at radius 2 is 1.96 bits per heavy atom. The summed E-state index contributed by atoms with van der Waals surface area (Å²) in [5, 5.41) is 12.1. The Balaban J connectivity index is 1.96. The zero-order valence-electron chi connectivity index (χ0n) is 14.2. The van der Waals surface area contributed by atoms with E-state index in [1.165, 1.54) is 0 Å². The monoisotopic (exact) mass is 349 g/mol. The van der Waals surface area contributed by atoms with E-state index in [1.807, 2.05) is 19.1 Å². The zero-order valence-corrected chi connectivity index (χ0v) is 15.0. The van der Waals surface area contributed by atoms with Crippen molar-refractivity contribution >= 4 is 15.7 Å². The SMILES string of the molecule is CC(NC(C)c1ccc(C#N)cc1)C(=O)N(C)C1CCS(=O)(=O)C1. The van der Waals surface area contributed by atoms with Crippen molar-refractivity contribution in [3.8, 4) is 6.07 Å². The van der Waals surface area contributed by atoms with Gasteiger partial charge in [-0.1, -0.05) is 12.1 Å². The number of nitriles is 1. The number of hydrogen-bond acceptors (Lipinski definition) is 5. The third-order valence-electron chi connectivity index (χ3n) is 4.51. The van der Waals surface area contributed by atoms with Crippen molar-refractivity contribution in [3.05, 3.63) is 35.4 Å². The smallest absolute Gasteiger partial charge is 0.239 e. The van der Waals surface area contributed by atoms with Gasteiger partial charge in [0.05, 0.1) is 29.2 Å². The second-order valence-electron chi connectivity index (χ2n) is 6.35. The van der Waals surface area contributed by atoms with Crippen LogP contribution in [0.2, 0.25) is 0 Å². The van der Waals surface area contributed by atoms with Gasteiger partial charge in [-0.3, -0.25) is 10.1 Å². The van der Waals surface area contributed by atoms with Gasteiger partial charge in [-0.15, -0.1) is 0 Å². The molecule has 6 nitrogen and oxygen atoms in total. The fourth-order valence-electron chi connectivity index (χ4n) is 2.96. The van der Waals surface area contributed by atoms with Crippen molar-refractivity contribution in [2.45, 2.75) is 38.4 Å². The second kappa shape index (κ2) is 7.32. The van der Waals surface area contributed by atoms with Crippen LogP contribution in [0.25, 0.3) is 0 Å². The molecule has 1 amide bonds. The maximum absolute atomic E-state index is 12.5. The summed E-state index contributed by atoms with van der Waals surface area (Å²) in [4.78, 5) is 14.1. The van der Waals surface area contributed by atoms with Gasteiger partial charge in [0.15, 0.2) is 9.84 Å². The summed E-state index contributed by atoms with van der Waals surface area (Å²) in [6, 6.07) is 8.57. The van der Waals surface area contributed by atoms with E-state index >= 15 is 0 Å². The number of carbonyl (C=O) groups is 1. The Morgan fingerprint density at radius 1 is 1.33 bits per heavy atom. The standard InChI is InChI=1S/C17H23N3O3S/c1-12(15-6-4-14(10-18)5-7-15)19-13(2)17(21)20(3)16-8-9-24(22,23)11-16/h4-7,12-13,16,19H,8-9,11H2,1-3H3. The molecule has 1 aromatic carbocycles. The molecule has 0 radical (unpaired) electrons. The Hall–Kier alpha value is -1.91. The first kappa shape index (κ1) is 18.4. The number of carbonyl (C=O) groups excluding carboxylic acids is 1. The number of nitrogens with zero attached hydrogens (tertiary/aromatic N) is 2. The summed E-state index contributed by atoms with van der Waals surface area (Å²) in [5.74, 6) is 0.0869. The molecule has 3 unspecified atom stereocenters. The fourth-order valence-corrected chi connectivity index (χ4v) is 4.73. The minimum absolute atomic E-state index is 0.0487. The lowest BCUT2D eigenvalue weighted by Gasteiger charge is -2.28. The number of amides is 1. The molecule has 1 aromatic rings. The van der Waals surface area contributed by atoms with E-state index in [1.54, 1.807) is 31.0 Å². The normalized spacial score (nSPS) is 21.7. The highest BCUT2D eigenvalue weighted by Gasteiger charge is 2.34. The summed E-state index contributed by atoms with van der Waals surface area (Å²) in [6.45, 7) is 3.73. The van der Waals surface area contributed by atoms with Crippen molar-refractivity contribution in [1.29, 1.82) is 5.26 Å². The van der Waals surface area contributed by atoms with Crippen LogP contribution in [0.1, 0.15) is 37.4 Å². The lowest BCUT2D eigenvalue weighted by molar-refractivity contribution is -0.133. The molecule has 2 rings (SSSR count). The minimum atomic E-state index is -3.01. The molecule has 0 aliphatic carbocycles. The molecule has 7 heteroatoms. The van der Waals surface area contributed by atoms with E-state index in [9.17, 15) is 13.2 Å². The molecule has 1 aliphatic heterocycles. The molecule has 24 heavy (non-hydrogen) atoms. The molecule has 0 aromatic heterocycles. The van der Waals surface area contributed by atoms with Crippen LogP contribution in [0.4, 0.5) is 0 Å². The predicted octanol–water partition coefficient (Wildman–Crippen LogP) is 1.24.